The van der Waals surface area contributed by atoms with Crippen molar-refractivity contribution in [1.29, 1.82) is 0 Å². The maximum absolute atomic E-state index is 5.91. The summed E-state index contributed by atoms with van der Waals surface area (Å²) in [6.07, 6.45) is 0.654. The van der Waals surface area contributed by atoms with Crippen LogP contribution < -0.4 is 0 Å². The Morgan fingerprint density at radius 1 is 1.14 bits per heavy atom. The van der Waals surface area contributed by atoms with Gasteiger partial charge in [0.1, 0.15) is 4.88 Å². The number of fused-ring (bicyclic) bond motifs is 1. The van der Waals surface area contributed by atoms with Gasteiger partial charge in [0, 0.05) is 11.4 Å². The van der Waals surface area contributed by atoms with Crippen LogP contribution in [0.4, 0.5) is 0 Å². The largest absolute Gasteiger partial charge is 0.235 e. The van der Waals surface area contributed by atoms with Crippen LogP contribution in [0.1, 0.15) is 17.1 Å². The van der Waals surface area contributed by atoms with Crippen molar-refractivity contribution in [3.05, 3.63) is 46.4 Å². The van der Waals surface area contributed by atoms with Crippen molar-refractivity contribution in [1.82, 2.24) is 29.4 Å². The summed E-state index contributed by atoms with van der Waals surface area (Å²) in [6, 6.07) is 7.70. The lowest BCUT2D eigenvalue weighted by atomic mass is 10.1. The van der Waals surface area contributed by atoms with Crippen LogP contribution in [-0.4, -0.2) is 29.4 Å². The van der Waals surface area contributed by atoms with E-state index in [1.807, 2.05) is 31.2 Å². The van der Waals surface area contributed by atoms with E-state index in [4.69, 9.17) is 11.6 Å². The molecule has 0 atom stereocenters. The van der Waals surface area contributed by atoms with Gasteiger partial charge in [-0.1, -0.05) is 39.6 Å². The molecule has 4 aromatic rings. The number of nitrogens with zero attached hydrogens (tertiary/aromatic N) is 6. The molecule has 0 radical (unpaired) electrons. The highest BCUT2D eigenvalue weighted by Gasteiger charge is 2.16. The molecule has 0 aliphatic rings. The van der Waals surface area contributed by atoms with Crippen molar-refractivity contribution >= 4 is 39.4 Å². The average molecular weight is 349 g/mol. The summed E-state index contributed by atoms with van der Waals surface area (Å²) in [6.45, 7) is 1.93. The van der Waals surface area contributed by atoms with E-state index in [9.17, 15) is 0 Å². The first kappa shape index (κ1) is 13.7. The number of hydrogen-bond donors (Lipinski definition) is 0. The Labute approximate surface area is 138 Å². The Hall–Kier alpha value is -1.90. The lowest BCUT2D eigenvalue weighted by Crippen LogP contribution is -1.97. The molecule has 3 heterocycles. The molecular formula is C13H9ClN6S2. The summed E-state index contributed by atoms with van der Waals surface area (Å²) in [5.74, 6) is 0.801. The summed E-state index contributed by atoms with van der Waals surface area (Å²) in [5, 5.41) is 18.6. The van der Waals surface area contributed by atoms with Gasteiger partial charge in [0.2, 0.25) is 4.96 Å². The molecule has 0 unspecified atom stereocenters. The van der Waals surface area contributed by atoms with Crippen LogP contribution in [0.5, 0.6) is 0 Å². The standard InChI is InChI=1S/C13H9ClN6S2/c1-7-11(22-19-15-7)12-18-20-10(16-17-13(20)21-12)6-8-2-4-9(14)5-3-8/h2-5H,6H2,1H3. The summed E-state index contributed by atoms with van der Waals surface area (Å²) in [5.41, 5.74) is 2.00. The molecule has 0 saturated carbocycles. The third-order valence-corrected chi connectivity index (χ3v) is 5.31. The van der Waals surface area contributed by atoms with E-state index in [2.05, 4.69) is 24.9 Å². The second kappa shape index (κ2) is 5.38. The third kappa shape index (κ3) is 2.39. The predicted molar refractivity (Wildman–Crippen MR) is 86.6 cm³/mol. The van der Waals surface area contributed by atoms with Gasteiger partial charge in [-0.3, -0.25) is 0 Å². The molecule has 0 fully saturated rings. The van der Waals surface area contributed by atoms with Gasteiger partial charge < -0.3 is 0 Å². The number of aromatic nitrogens is 6. The van der Waals surface area contributed by atoms with E-state index in [0.717, 1.165) is 37.0 Å². The third-order valence-electron chi connectivity index (χ3n) is 3.18. The zero-order chi connectivity index (χ0) is 15.1. The molecule has 0 aliphatic heterocycles. The second-order valence-electron chi connectivity index (χ2n) is 4.71. The van der Waals surface area contributed by atoms with E-state index in [-0.39, 0.29) is 0 Å². The fraction of sp³-hybridized carbons (Fsp3) is 0.154. The molecule has 0 N–H and O–H groups in total. The number of halogens is 1. The molecule has 3 aromatic heterocycles. The summed E-state index contributed by atoms with van der Waals surface area (Å²) < 4.78 is 5.74. The maximum Gasteiger partial charge on any atom is 0.235 e. The van der Waals surface area contributed by atoms with Crippen LogP contribution in [-0.2, 0) is 6.42 Å². The van der Waals surface area contributed by atoms with Gasteiger partial charge in [0.05, 0.1) is 5.69 Å². The minimum Gasteiger partial charge on any atom is -0.187 e. The Kier molecular flexibility index (Phi) is 3.36. The first-order valence-electron chi connectivity index (χ1n) is 6.45. The molecule has 4 rings (SSSR count). The minimum atomic E-state index is 0.654. The van der Waals surface area contributed by atoms with Crippen molar-refractivity contribution in [2.24, 2.45) is 0 Å². The van der Waals surface area contributed by atoms with Gasteiger partial charge in [-0.15, -0.1) is 15.3 Å². The van der Waals surface area contributed by atoms with Gasteiger partial charge in [0.15, 0.2) is 10.8 Å². The number of hydrogen-bond acceptors (Lipinski definition) is 7. The fourth-order valence-corrected chi connectivity index (χ4v) is 3.82. The van der Waals surface area contributed by atoms with Gasteiger partial charge in [-0.2, -0.15) is 9.61 Å². The van der Waals surface area contributed by atoms with Crippen LogP contribution in [0, 0.1) is 6.92 Å². The van der Waals surface area contributed by atoms with Gasteiger partial charge in [-0.25, -0.2) is 0 Å². The molecule has 0 aliphatic carbocycles. The van der Waals surface area contributed by atoms with E-state index >= 15 is 0 Å². The van der Waals surface area contributed by atoms with Crippen molar-refractivity contribution in [3.8, 4) is 9.88 Å². The molecule has 6 nitrogen and oxygen atoms in total. The molecule has 0 bridgehead atoms. The van der Waals surface area contributed by atoms with Crippen molar-refractivity contribution in [2.75, 3.05) is 0 Å². The van der Waals surface area contributed by atoms with Crippen LogP contribution in [0.25, 0.3) is 14.8 Å². The predicted octanol–water partition coefficient (Wildman–Crippen LogP) is 3.26. The molecular weight excluding hydrogens is 340 g/mol. The smallest absolute Gasteiger partial charge is 0.187 e. The van der Waals surface area contributed by atoms with Crippen LogP contribution in [0.3, 0.4) is 0 Å². The summed E-state index contributed by atoms with van der Waals surface area (Å²) >= 11 is 8.74. The molecule has 0 amide bonds. The zero-order valence-corrected chi connectivity index (χ0v) is 13.8. The maximum atomic E-state index is 5.91. The summed E-state index contributed by atoms with van der Waals surface area (Å²) in [7, 11) is 0. The van der Waals surface area contributed by atoms with Crippen molar-refractivity contribution in [3.63, 3.8) is 0 Å². The highest BCUT2D eigenvalue weighted by atomic mass is 35.5. The van der Waals surface area contributed by atoms with E-state index in [0.29, 0.717) is 6.42 Å². The highest BCUT2D eigenvalue weighted by molar-refractivity contribution is 7.23. The van der Waals surface area contributed by atoms with Gasteiger partial charge in [-0.05, 0) is 36.2 Å². The van der Waals surface area contributed by atoms with Crippen LogP contribution in [0.2, 0.25) is 5.02 Å². The lowest BCUT2D eigenvalue weighted by Gasteiger charge is -1.98. The zero-order valence-electron chi connectivity index (χ0n) is 11.4. The topological polar surface area (TPSA) is 68.9 Å². The first-order chi connectivity index (χ1) is 10.7. The van der Waals surface area contributed by atoms with Crippen molar-refractivity contribution < 1.29 is 0 Å². The molecule has 0 spiro atoms. The molecule has 22 heavy (non-hydrogen) atoms. The number of rotatable bonds is 3. The SMILES string of the molecule is Cc1nnsc1-c1nn2c(Cc3ccc(Cl)cc3)nnc2s1. The normalized spacial score (nSPS) is 11.4. The average Bonchev–Trinajstić information content (AvgIpc) is 3.18. The first-order valence-corrected chi connectivity index (χ1v) is 8.42. The highest BCUT2D eigenvalue weighted by Crippen LogP contribution is 2.30. The summed E-state index contributed by atoms with van der Waals surface area (Å²) in [4.78, 5) is 1.75. The number of aryl methyl sites for hydroxylation is 1. The minimum absolute atomic E-state index is 0.654. The Balaban J connectivity index is 1.72. The Morgan fingerprint density at radius 2 is 1.95 bits per heavy atom. The fourth-order valence-electron chi connectivity index (χ4n) is 2.07. The van der Waals surface area contributed by atoms with E-state index in [1.165, 1.54) is 22.9 Å². The molecule has 110 valence electrons. The molecule has 1 aromatic carbocycles. The van der Waals surface area contributed by atoms with Crippen LogP contribution >= 0.6 is 34.5 Å². The second-order valence-corrected chi connectivity index (χ2v) is 6.86. The quantitative estimate of drug-likeness (QED) is 0.568. The monoisotopic (exact) mass is 348 g/mol. The Morgan fingerprint density at radius 3 is 2.68 bits per heavy atom. The van der Waals surface area contributed by atoms with E-state index < -0.39 is 0 Å². The van der Waals surface area contributed by atoms with Crippen LogP contribution in [0.15, 0.2) is 24.3 Å². The lowest BCUT2D eigenvalue weighted by molar-refractivity contribution is 0.854. The van der Waals surface area contributed by atoms with Gasteiger partial charge in [0.25, 0.3) is 0 Å². The number of benzene rings is 1. The van der Waals surface area contributed by atoms with Gasteiger partial charge >= 0.3 is 0 Å². The molecule has 9 heteroatoms. The molecule has 0 saturated heterocycles. The van der Waals surface area contributed by atoms with E-state index in [1.54, 1.807) is 4.52 Å². The Bertz CT molecular complexity index is 939. The van der Waals surface area contributed by atoms with Crippen molar-refractivity contribution in [2.45, 2.75) is 13.3 Å².